The minimum absolute atomic E-state index is 0. The summed E-state index contributed by atoms with van der Waals surface area (Å²) in [6.07, 6.45) is 2.92. The van der Waals surface area contributed by atoms with Gasteiger partial charge in [0.15, 0.2) is 0 Å². The summed E-state index contributed by atoms with van der Waals surface area (Å²) in [5.74, 6) is 0.639. The van der Waals surface area contributed by atoms with Crippen LogP contribution in [-0.4, -0.2) is 18.6 Å². The zero-order valence-electron chi connectivity index (χ0n) is 10.3. The van der Waals surface area contributed by atoms with E-state index in [0.29, 0.717) is 12.5 Å². The largest absolute Gasteiger partial charge is 1.00 e. The topological polar surface area (TPSA) is 22.1 Å². The average Bonchev–Trinajstić information content (AvgIpc) is 2.16. The van der Waals surface area contributed by atoms with Gasteiger partial charge >= 0.3 is 58.4 Å². The van der Waals surface area contributed by atoms with E-state index in [1.807, 2.05) is 13.8 Å². The van der Waals surface area contributed by atoms with E-state index in [9.17, 15) is 12.9 Å². The van der Waals surface area contributed by atoms with Crippen molar-refractivity contribution in [2.75, 3.05) is 6.61 Å². The molecule has 0 atom stereocenters. The summed E-state index contributed by atoms with van der Waals surface area (Å²) < 4.78 is 42.4. The van der Waals surface area contributed by atoms with Gasteiger partial charge in [-0.25, -0.2) is 0 Å². The first-order chi connectivity index (χ1) is 7.39. The van der Waals surface area contributed by atoms with Gasteiger partial charge in [-0.1, -0.05) is 19.3 Å². The molecule has 7 heteroatoms. The maximum atomic E-state index is 12.4. The summed E-state index contributed by atoms with van der Waals surface area (Å²) in [6, 6.07) is 0.993. The van der Waals surface area contributed by atoms with Gasteiger partial charge in [-0.2, -0.15) is 0 Å². The summed E-state index contributed by atoms with van der Waals surface area (Å²) in [6.45, 7) is -0.540. The molecule has 0 aliphatic heterocycles. The third-order valence-electron chi connectivity index (χ3n) is 2.08. The fourth-order valence-electron chi connectivity index (χ4n) is 1.11. The number of ether oxygens (including phenoxy) is 1. The van der Waals surface area contributed by atoms with Crippen molar-refractivity contribution >= 4 is 12.4 Å². The van der Waals surface area contributed by atoms with E-state index in [0.717, 1.165) is 18.7 Å². The number of hydrogen-bond acceptors (Lipinski definition) is 2. The van der Waals surface area contributed by atoms with Gasteiger partial charge in [-0.15, -0.1) is 0 Å². The van der Waals surface area contributed by atoms with E-state index < -0.39 is 12.4 Å². The van der Waals surface area contributed by atoms with Crippen LogP contribution in [0.1, 0.15) is 20.3 Å². The van der Waals surface area contributed by atoms with Gasteiger partial charge in [-0.05, 0) is 18.4 Å². The second-order valence-electron chi connectivity index (χ2n) is 4.06. The zero-order chi connectivity index (χ0) is 12.2. The van der Waals surface area contributed by atoms with E-state index in [2.05, 4.69) is 4.98 Å². The summed E-state index contributed by atoms with van der Waals surface area (Å²) in [5.41, 5.74) is -0.720. The molecule has 2 nitrogen and oxygen atoms in total. The molecule has 0 fully saturated rings. The number of aromatic nitrogens is 1. The van der Waals surface area contributed by atoms with Crippen LogP contribution in [0, 0.1) is 5.92 Å². The van der Waals surface area contributed by atoms with Crippen molar-refractivity contribution in [2.24, 2.45) is 5.92 Å². The van der Waals surface area contributed by atoms with Crippen LogP contribution in [0.3, 0.4) is 0 Å². The van der Waals surface area contributed by atoms with Crippen LogP contribution in [0.15, 0.2) is 18.5 Å². The fraction of sp³-hybridized carbons (Fsp3) is 0.500. The second-order valence-corrected chi connectivity index (χ2v) is 4.06. The van der Waals surface area contributed by atoms with Crippen molar-refractivity contribution in [3.8, 4) is 5.75 Å². The molecule has 1 aromatic rings. The molecule has 0 unspecified atom stereocenters. The van der Waals surface area contributed by atoms with Crippen molar-refractivity contribution in [3.63, 3.8) is 0 Å². The van der Waals surface area contributed by atoms with Crippen molar-refractivity contribution in [1.29, 1.82) is 0 Å². The molecular weight excluding hydrogens is 257 g/mol. The van der Waals surface area contributed by atoms with Gasteiger partial charge in [0, 0.05) is 6.20 Å². The molecule has 90 valence electrons. The van der Waals surface area contributed by atoms with Crippen LogP contribution in [0.25, 0.3) is 0 Å². The number of nitrogens with zero attached hydrogens (tertiary/aromatic N) is 1. The minimum atomic E-state index is -5.00. The zero-order valence-corrected chi connectivity index (χ0v) is 13.4. The van der Waals surface area contributed by atoms with Crippen molar-refractivity contribution < 1.29 is 69.1 Å². The molecule has 0 aliphatic carbocycles. The predicted octanol–water partition coefficient (Wildman–Crippen LogP) is -0.435. The first-order valence-corrected chi connectivity index (χ1v) is 5.17. The Morgan fingerprint density at radius 3 is 2.47 bits per heavy atom. The number of halogens is 3. The molecule has 0 N–H and O–H groups in total. The minimum Gasteiger partial charge on any atom is -0.492 e. The average molecular weight is 271 g/mol. The Kier molecular flexibility index (Phi) is 7.99. The number of rotatable bonds is 5. The quantitative estimate of drug-likeness (QED) is 0.678. The van der Waals surface area contributed by atoms with Crippen molar-refractivity contribution in [3.05, 3.63) is 18.5 Å². The molecule has 1 rings (SSSR count). The van der Waals surface area contributed by atoms with Crippen LogP contribution in [0.5, 0.6) is 5.75 Å². The first-order valence-electron chi connectivity index (χ1n) is 5.17. The van der Waals surface area contributed by atoms with Gasteiger partial charge in [0.25, 0.3) is 0 Å². The normalized spacial score (nSPS) is 11.2. The summed E-state index contributed by atoms with van der Waals surface area (Å²) in [4.78, 5) is 3.52. The van der Waals surface area contributed by atoms with Crippen LogP contribution in [0.4, 0.5) is 12.9 Å². The fourth-order valence-corrected chi connectivity index (χ4v) is 1.11. The van der Waals surface area contributed by atoms with Crippen LogP contribution in [-0.2, 0) is 0 Å². The smallest absolute Gasteiger partial charge is 0.492 e. The third kappa shape index (κ3) is 6.81. The van der Waals surface area contributed by atoms with E-state index >= 15 is 0 Å². The van der Waals surface area contributed by atoms with Crippen LogP contribution in [0.2, 0.25) is 0 Å². The summed E-state index contributed by atoms with van der Waals surface area (Å²) in [7, 11) is 0. The van der Waals surface area contributed by atoms with Gasteiger partial charge in [0.2, 0.25) is 0 Å². The van der Waals surface area contributed by atoms with Crippen LogP contribution >= 0.6 is 0 Å². The molecule has 0 aliphatic rings. The van der Waals surface area contributed by atoms with E-state index in [-0.39, 0.29) is 57.1 Å². The SMILES string of the molecule is CC(C)CCOc1cncc([B-](F)(F)F)c1.[K+]. The molecule has 0 bridgehead atoms. The molecule has 0 saturated heterocycles. The Morgan fingerprint density at radius 2 is 1.94 bits per heavy atom. The molecule has 0 spiro atoms. The molecule has 0 aromatic carbocycles. The van der Waals surface area contributed by atoms with Crippen molar-refractivity contribution in [2.45, 2.75) is 20.3 Å². The van der Waals surface area contributed by atoms with Crippen molar-refractivity contribution in [1.82, 2.24) is 4.98 Å². The Bertz CT molecular complexity index is 347. The van der Waals surface area contributed by atoms with Crippen LogP contribution < -0.4 is 61.6 Å². The molecule has 17 heavy (non-hydrogen) atoms. The van der Waals surface area contributed by atoms with Gasteiger partial charge in [-0.3, -0.25) is 4.98 Å². The Hall–Kier alpha value is 0.441. The van der Waals surface area contributed by atoms with E-state index in [1.54, 1.807) is 0 Å². The maximum absolute atomic E-state index is 12.4. The summed E-state index contributed by atoms with van der Waals surface area (Å²) in [5, 5.41) is 0. The molecule has 0 saturated carbocycles. The Labute approximate surface area is 142 Å². The number of hydrogen-bond donors (Lipinski definition) is 0. The molecule has 1 aromatic heterocycles. The maximum Gasteiger partial charge on any atom is 1.00 e. The molecular formula is C10H14BF3KNO. The standard InChI is InChI=1S/C10H14BF3NO.K/c1-8(2)3-4-16-10-5-9(6-15-7-10)11(12,13)14;/h5-8H,3-4H2,1-2H3;/q-1;+1. The van der Waals surface area contributed by atoms with Gasteiger partial charge < -0.3 is 17.7 Å². The Balaban J connectivity index is 0.00000256. The molecule has 0 radical (unpaired) electrons. The monoisotopic (exact) mass is 271 g/mol. The number of pyridine rings is 1. The predicted molar refractivity (Wildman–Crippen MR) is 57.9 cm³/mol. The molecule has 0 amide bonds. The summed E-state index contributed by atoms with van der Waals surface area (Å²) >= 11 is 0. The second kappa shape index (κ2) is 7.78. The first kappa shape index (κ1) is 17.4. The third-order valence-corrected chi connectivity index (χ3v) is 2.08. The Morgan fingerprint density at radius 1 is 1.29 bits per heavy atom. The van der Waals surface area contributed by atoms with E-state index in [4.69, 9.17) is 4.74 Å². The van der Waals surface area contributed by atoms with Gasteiger partial charge in [0.05, 0.1) is 12.8 Å². The van der Waals surface area contributed by atoms with E-state index in [1.165, 1.54) is 6.20 Å². The van der Waals surface area contributed by atoms with Gasteiger partial charge in [0.1, 0.15) is 5.75 Å². The molecule has 1 heterocycles.